The first-order chi connectivity index (χ1) is 14.1. The van der Waals surface area contributed by atoms with Gasteiger partial charge in [0.2, 0.25) is 0 Å². The van der Waals surface area contributed by atoms with Crippen molar-refractivity contribution in [1.29, 1.82) is 0 Å². The first-order valence-corrected chi connectivity index (χ1v) is 12.4. The van der Waals surface area contributed by atoms with Gasteiger partial charge in [0.15, 0.2) is 0 Å². The van der Waals surface area contributed by atoms with Gasteiger partial charge in [-0.3, -0.25) is 9.59 Å². The van der Waals surface area contributed by atoms with Crippen molar-refractivity contribution < 1.29 is 19.1 Å². The number of esters is 2. The van der Waals surface area contributed by atoms with Crippen molar-refractivity contribution in [3.05, 3.63) is 0 Å². The van der Waals surface area contributed by atoms with Crippen LogP contribution in [0.25, 0.3) is 0 Å². The molecule has 0 unspecified atom stereocenters. The minimum atomic E-state index is -0.0780. The molecule has 0 aromatic heterocycles. The third-order valence-electron chi connectivity index (χ3n) is 6.85. The highest BCUT2D eigenvalue weighted by atomic mass is 16.5. The summed E-state index contributed by atoms with van der Waals surface area (Å²) in [5, 5.41) is 0. The fourth-order valence-corrected chi connectivity index (χ4v) is 4.22. The van der Waals surface area contributed by atoms with Gasteiger partial charge in [0.25, 0.3) is 0 Å². The zero-order valence-electron chi connectivity index (χ0n) is 20.7. The Morgan fingerprint density at radius 3 is 1.30 bits per heavy atom. The van der Waals surface area contributed by atoms with Gasteiger partial charge in [-0.15, -0.1) is 0 Å². The zero-order valence-corrected chi connectivity index (χ0v) is 20.7. The molecule has 0 saturated heterocycles. The summed E-state index contributed by atoms with van der Waals surface area (Å²) in [5.74, 6) is -0.266. The SMILES string of the molecule is CCCCC(C)(C)CCOC(=O)C1CCC(C(=O)OCCC(C)(C)CCCC)CC1. The van der Waals surface area contributed by atoms with Gasteiger partial charge in [0.05, 0.1) is 25.0 Å². The summed E-state index contributed by atoms with van der Waals surface area (Å²) in [6, 6.07) is 0. The van der Waals surface area contributed by atoms with Gasteiger partial charge < -0.3 is 9.47 Å². The summed E-state index contributed by atoms with van der Waals surface area (Å²) in [6.07, 6.45) is 11.9. The largest absolute Gasteiger partial charge is 0.465 e. The van der Waals surface area contributed by atoms with Gasteiger partial charge in [0.1, 0.15) is 0 Å². The van der Waals surface area contributed by atoms with Gasteiger partial charge >= 0.3 is 11.9 Å². The molecule has 0 radical (unpaired) electrons. The fourth-order valence-electron chi connectivity index (χ4n) is 4.22. The molecule has 0 bridgehead atoms. The predicted octanol–water partition coefficient (Wildman–Crippen LogP) is 7.09. The van der Waals surface area contributed by atoms with E-state index in [2.05, 4.69) is 41.5 Å². The van der Waals surface area contributed by atoms with E-state index in [0.29, 0.717) is 13.2 Å². The van der Waals surface area contributed by atoms with Crippen LogP contribution in [0.2, 0.25) is 0 Å². The predicted molar refractivity (Wildman–Crippen MR) is 123 cm³/mol. The van der Waals surface area contributed by atoms with Crippen LogP contribution < -0.4 is 0 Å². The molecule has 1 fully saturated rings. The average molecular weight is 425 g/mol. The van der Waals surface area contributed by atoms with Crippen molar-refractivity contribution in [1.82, 2.24) is 0 Å². The molecule has 1 rings (SSSR count). The maximum absolute atomic E-state index is 12.4. The Bertz CT molecular complexity index is 455. The van der Waals surface area contributed by atoms with Crippen molar-refractivity contribution in [2.45, 2.75) is 119 Å². The van der Waals surface area contributed by atoms with Crippen LogP contribution in [0.1, 0.15) is 119 Å². The van der Waals surface area contributed by atoms with Crippen LogP contribution in [0, 0.1) is 22.7 Å². The smallest absolute Gasteiger partial charge is 0.308 e. The molecule has 1 aliphatic rings. The van der Waals surface area contributed by atoms with Crippen LogP contribution in [0.5, 0.6) is 0 Å². The van der Waals surface area contributed by atoms with Crippen LogP contribution in [-0.4, -0.2) is 25.2 Å². The molecule has 4 heteroatoms. The molecule has 0 heterocycles. The topological polar surface area (TPSA) is 52.6 Å². The Hall–Kier alpha value is -1.06. The van der Waals surface area contributed by atoms with Crippen LogP contribution >= 0.6 is 0 Å². The van der Waals surface area contributed by atoms with Gasteiger partial charge in [0, 0.05) is 0 Å². The Balaban J connectivity index is 2.25. The highest BCUT2D eigenvalue weighted by molar-refractivity contribution is 5.75. The fraction of sp³-hybridized carbons (Fsp3) is 0.923. The Labute approximate surface area is 185 Å². The molecule has 1 saturated carbocycles. The second-order valence-electron chi connectivity index (χ2n) is 10.9. The molecule has 1 aliphatic carbocycles. The molecule has 176 valence electrons. The van der Waals surface area contributed by atoms with E-state index in [9.17, 15) is 9.59 Å². The monoisotopic (exact) mass is 424 g/mol. The van der Waals surface area contributed by atoms with Crippen molar-refractivity contribution in [2.75, 3.05) is 13.2 Å². The van der Waals surface area contributed by atoms with Crippen LogP contribution in [0.15, 0.2) is 0 Å². The van der Waals surface area contributed by atoms with Crippen LogP contribution in [0.4, 0.5) is 0 Å². The number of carbonyl (C=O) groups excluding carboxylic acids is 2. The van der Waals surface area contributed by atoms with Gasteiger partial charge in [-0.05, 0) is 62.2 Å². The Kier molecular flexibility index (Phi) is 12.0. The number of hydrogen-bond acceptors (Lipinski definition) is 4. The lowest BCUT2D eigenvalue weighted by atomic mass is 9.82. The third-order valence-corrected chi connectivity index (χ3v) is 6.85. The second kappa shape index (κ2) is 13.4. The normalized spacial score (nSPS) is 20.1. The van der Waals surface area contributed by atoms with Crippen molar-refractivity contribution in [3.63, 3.8) is 0 Å². The summed E-state index contributed by atoms with van der Waals surface area (Å²) in [5.41, 5.74) is 0.450. The van der Waals surface area contributed by atoms with E-state index in [1.54, 1.807) is 0 Å². The van der Waals surface area contributed by atoms with E-state index in [0.717, 1.165) is 38.5 Å². The van der Waals surface area contributed by atoms with E-state index in [1.165, 1.54) is 38.5 Å². The maximum Gasteiger partial charge on any atom is 0.308 e. The first kappa shape index (κ1) is 27.0. The molecule has 0 amide bonds. The molecular formula is C26H48O4. The summed E-state index contributed by atoms with van der Waals surface area (Å²) in [4.78, 5) is 24.8. The lowest BCUT2D eigenvalue weighted by molar-refractivity contribution is -0.156. The Morgan fingerprint density at radius 1 is 0.667 bits per heavy atom. The summed E-state index contributed by atoms with van der Waals surface area (Å²) in [7, 11) is 0. The Morgan fingerprint density at radius 2 is 1.00 bits per heavy atom. The molecule has 0 spiro atoms. The molecule has 4 nitrogen and oxygen atoms in total. The van der Waals surface area contributed by atoms with E-state index in [1.807, 2.05) is 0 Å². The number of ether oxygens (including phenoxy) is 2. The summed E-state index contributed by atoms with van der Waals surface area (Å²) < 4.78 is 11.1. The highest BCUT2D eigenvalue weighted by Crippen LogP contribution is 2.32. The second-order valence-corrected chi connectivity index (χ2v) is 10.9. The average Bonchev–Trinajstić information content (AvgIpc) is 2.70. The molecular weight excluding hydrogens is 376 g/mol. The minimum absolute atomic E-state index is 0.0548. The molecule has 0 atom stereocenters. The van der Waals surface area contributed by atoms with Crippen LogP contribution in [0.3, 0.4) is 0 Å². The molecule has 0 aliphatic heterocycles. The van der Waals surface area contributed by atoms with Crippen molar-refractivity contribution in [3.8, 4) is 0 Å². The molecule has 0 aromatic rings. The van der Waals surface area contributed by atoms with E-state index >= 15 is 0 Å². The number of unbranched alkanes of at least 4 members (excludes halogenated alkanes) is 2. The van der Waals surface area contributed by atoms with Crippen LogP contribution in [-0.2, 0) is 19.1 Å². The van der Waals surface area contributed by atoms with Gasteiger partial charge in [-0.2, -0.15) is 0 Å². The molecule has 0 aromatic carbocycles. The summed E-state index contributed by atoms with van der Waals surface area (Å²) >= 11 is 0. The van der Waals surface area contributed by atoms with E-state index < -0.39 is 0 Å². The van der Waals surface area contributed by atoms with Crippen molar-refractivity contribution >= 4 is 11.9 Å². The van der Waals surface area contributed by atoms with Gasteiger partial charge in [-0.1, -0.05) is 67.2 Å². The molecule has 0 N–H and O–H groups in total. The highest BCUT2D eigenvalue weighted by Gasteiger charge is 2.32. The number of hydrogen-bond donors (Lipinski definition) is 0. The minimum Gasteiger partial charge on any atom is -0.465 e. The third kappa shape index (κ3) is 10.8. The lowest BCUT2D eigenvalue weighted by Gasteiger charge is -2.28. The maximum atomic E-state index is 12.4. The number of carbonyl (C=O) groups is 2. The lowest BCUT2D eigenvalue weighted by Crippen LogP contribution is -2.29. The standard InChI is InChI=1S/C26H48O4/c1-7-9-15-25(3,4)17-19-29-23(27)21-11-13-22(14-12-21)24(28)30-20-18-26(5,6)16-10-8-2/h21-22H,7-20H2,1-6H3. The van der Waals surface area contributed by atoms with E-state index in [-0.39, 0.29) is 34.6 Å². The quantitative estimate of drug-likeness (QED) is 0.279. The first-order valence-electron chi connectivity index (χ1n) is 12.4. The zero-order chi connectivity index (χ0) is 22.6. The van der Waals surface area contributed by atoms with Crippen molar-refractivity contribution in [2.24, 2.45) is 22.7 Å². The van der Waals surface area contributed by atoms with E-state index in [4.69, 9.17) is 9.47 Å². The molecule has 30 heavy (non-hydrogen) atoms. The summed E-state index contributed by atoms with van der Waals surface area (Å²) in [6.45, 7) is 14.4. The van der Waals surface area contributed by atoms with Gasteiger partial charge in [-0.25, -0.2) is 0 Å². The number of rotatable bonds is 14.